The first-order valence-electron chi connectivity index (χ1n) is 7.07. The molecule has 0 unspecified atom stereocenters. The molecule has 1 aromatic heterocycles. The molecule has 0 saturated heterocycles. The summed E-state index contributed by atoms with van der Waals surface area (Å²) < 4.78 is 6.21. The van der Waals surface area contributed by atoms with Crippen molar-refractivity contribution >= 4 is 34.4 Å². The molecule has 0 amide bonds. The number of hydrogen-bond donors (Lipinski definition) is 0. The molecule has 116 valence electrons. The molecule has 0 aliphatic heterocycles. The van der Waals surface area contributed by atoms with Gasteiger partial charge in [-0.25, -0.2) is 4.79 Å². The topological polar surface area (TPSA) is 61.2 Å². The summed E-state index contributed by atoms with van der Waals surface area (Å²) in [6, 6.07) is 13.6. The summed E-state index contributed by atoms with van der Waals surface area (Å²) in [5, 5.41) is 5.19. The maximum atomic E-state index is 12.7. The van der Waals surface area contributed by atoms with Gasteiger partial charge in [-0.1, -0.05) is 35.9 Å². The SMILES string of the molecule is CCOC(=O)c1nn(C(=O)c2cccc(Cl)c2)c2ccccc12. The Kier molecular flexibility index (Phi) is 4.12. The molecule has 0 bridgehead atoms. The minimum Gasteiger partial charge on any atom is -0.461 e. The highest BCUT2D eigenvalue weighted by Gasteiger charge is 2.21. The smallest absolute Gasteiger partial charge is 0.359 e. The van der Waals surface area contributed by atoms with Crippen molar-refractivity contribution < 1.29 is 14.3 Å². The highest BCUT2D eigenvalue weighted by Crippen LogP contribution is 2.21. The van der Waals surface area contributed by atoms with Gasteiger partial charge in [-0.15, -0.1) is 0 Å². The first-order valence-corrected chi connectivity index (χ1v) is 7.44. The number of benzene rings is 2. The van der Waals surface area contributed by atoms with Crippen LogP contribution < -0.4 is 0 Å². The standard InChI is InChI=1S/C17H13ClN2O3/c1-2-23-17(22)15-13-8-3-4-9-14(13)20(19-15)16(21)11-6-5-7-12(18)10-11/h3-10H,2H2,1H3. The predicted octanol–water partition coefficient (Wildman–Crippen LogP) is 3.55. The molecule has 23 heavy (non-hydrogen) atoms. The van der Waals surface area contributed by atoms with Crippen molar-refractivity contribution in [3.05, 3.63) is 64.8 Å². The van der Waals surface area contributed by atoms with E-state index in [2.05, 4.69) is 5.10 Å². The maximum absolute atomic E-state index is 12.7. The maximum Gasteiger partial charge on any atom is 0.359 e. The number of carbonyl (C=O) groups excluding carboxylic acids is 2. The molecular formula is C17H13ClN2O3. The Balaban J connectivity index is 2.14. The summed E-state index contributed by atoms with van der Waals surface area (Å²) in [6.45, 7) is 1.95. The molecule has 1 heterocycles. The number of aromatic nitrogens is 2. The van der Waals surface area contributed by atoms with Crippen molar-refractivity contribution in [3.8, 4) is 0 Å². The van der Waals surface area contributed by atoms with Gasteiger partial charge >= 0.3 is 5.97 Å². The van der Waals surface area contributed by atoms with Crippen molar-refractivity contribution in [2.75, 3.05) is 6.61 Å². The van der Waals surface area contributed by atoms with E-state index in [0.29, 0.717) is 21.5 Å². The van der Waals surface area contributed by atoms with Crippen molar-refractivity contribution in [3.63, 3.8) is 0 Å². The Bertz CT molecular complexity index is 902. The van der Waals surface area contributed by atoms with Gasteiger partial charge in [0.05, 0.1) is 12.1 Å². The van der Waals surface area contributed by atoms with Crippen molar-refractivity contribution in [2.24, 2.45) is 0 Å². The quantitative estimate of drug-likeness (QED) is 0.690. The largest absolute Gasteiger partial charge is 0.461 e. The van der Waals surface area contributed by atoms with E-state index in [9.17, 15) is 9.59 Å². The van der Waals surface area contributed by atoms with Crippen molar-refractivity contribution in [2.45, 2.75) is 6.92 Å². The number of ether oxygens (including phenoxy) is 1. The normalized spacial score (nSPS) is 10.7. The van der Waals surface area contributed by atoms with Gasteiger partial charge in [-0.05, 0) is 31.2 Å². The van der Waals surface area contributed by atoms with Crippen LogP contribution in [-0.4, -0.2) is 28.3 Å². The number of nitrogens with zero attached hydrogens (tertiary/aromatic N) is 2. The van der Waals surface area contributed by atoms with Crippen LogP contribution in [0.2, 0.25) is 5.02 Å². The number of esters is 1. The Morgan fingerprint density at radius 2 is 1.96 bits per heavy atom. The molecule has 3 rings (SSSR count). The van der Waals surface area contributed by atoms with Crippen LogP contribution in [0, 0.1) is 0 Å². The zero-order valence-corrected chi connectivity index (χ0v) is 13.1. The number of halogens is 1. The molecular weight excluding hydrogens is 316 g/mol. The van der Waals surface area contributed by atoms with E-state index in [4.69, 9.17) is 16.3 Å². The fraction of sp³-hybridized carbons (Fsp3) is 0.118. The van der Waals surface area contributed by atoms with Crippen LogP contribution in [0.5, 0.6) is 0 Å². The van der Waals surface area contributed by atoms with Crippen molar-refractivity contribution in [1.29, 1.82) is 0 Å². The lowest BCUT2D eigenvalue weighted by atomic mass is 10.2. The van der Waals surface area contributed by atoms with E-state index in [-0.39, 0.29) is 18.2 Å². The Labute approximate surface area is 137 Å². The summed E-state index contributed by atoms with van der Waals surface area (Å²) in [5.41, 5.74) is 1.06. The highest BCUT2D eigenvalue weighted by molar-refractivity contribution is 6.31. The zero-order chi connectivity index (χ0) is 16.4. The van der Waals surface area contributed by atoms with Crippen LogP contribution >= 0.6 is 11.6 Å². The lowest BCUT2D eigenvalue weighted by molar-refractivity contribution is 0.0521. The van der Waals surface area contributed by atoms with Gasteiger partial charge in [0.2, 0.25) is 0 Å². The monoisotopic (exact) mass is 328 g/mol. The molecule has 0 saturated carbocycles. The Morgan fingerprint density at radius 1 is 1.17 bits per heavy atom. The lowest BCUT2D eigenvalue weighted by Gasteiger charge is -2.02. The molecule has 2 aromatic carbocycles. The fourth-order valence-electron chi connectivity index (χ4n) is 2.32. The first kappa shape index (κ1) is 15.2. The van der Waals surface area contributed by atoms with Crippen LogP contribution in [0.25, 0.3) is 10.9 Å². The minimum atomic E-state index is -0.554. The first-order chi connectivity index (χ1) is 11.1. The molecule has 0 radical (unpaired) electrons. The third-order valence-electron chi connectivity index (χ3n) is 3.32. The third kappa shape index (κ3) is 2.83. The van der Waals surface area contributed by atoms with Crippen LogP contribution in [-0.2, 0) is 4.74 Å². The Hall–Kier alpha value is -2.66. The van der Waals surface area contributed by atoms with Gasteiger partial charge < -0.3 is 4.74 Å². The minimum absolute atomic E-state index is 0.123. The van der Waals surface area contributed by atoms with Crippen LogP contribution in [0.3, 0.4) is 0 Å². The average Bonchev–Trinajstić information content (AvgIpc) is 2.94. The van der Waals surface area contributed by atoms with Gasteiger partial charge in [0.1, 0.15) is 0 Å². The van der Waals surface area contributed by atoms with E-state index < -0.39 is 5.97 Å². The molecule has 0 aliphatic rings. The molecule has 0 spiro atoms. The van der Waals surface area contributed by atoms with Gasteiger partial charge in [-0.3, -0.25) is 4.79 Å². The Morgan fingerprint density at radius 3 is 2.70 bits per heavy atom. The van der Waals surface area contributed by atoms with Crippen LogP contribution in [0.1, 0.15) is 27.8 Å². The van der Waals surface area contributed by atoms with E-state index in [1.165, 1.54) is 4.68 Å². The number of rotatable bonds is 3. The predicted molar refractivity (Wildman–Crippen MR) is 86.9 cm³/mol. The molecule has 0 N–H and O–H groups in total. The van der Waals surface area contributed by atoms with Crippen LogP contribution in [0.4, 0.5) is 0 Å². The second-order valence-corrected chi connectivity index (χ2v) is 5.25. The van der Waals surface area contributed by atoms with E-state index in [1.54, 1.807) is 55.5 Å². The third-order valence-corrected chi connectivity index (χ3v) is 3.56. The number of hydrogen-bond acceptors (Lipinski definition) is 4. The highest BCUT2D eigenvalue weighted by atomic mass is 35.5. The summed E-state index contributed by atoms with van der Waals surface area (Å²) in [7, 11) is 0. The second kappa shape index (κ2) is 6.22. The molecule has 0 fully saturated rings. The van der Waals surface area contributed by atoms with Gasteiger partial charge in [0.15, 0.2) is 5.69 Å². The van der Waals surface area contributed by atoms with Crippen LogP contribution in [0.15, 0.2) is 48.5 Å². The summed E-state index contributed by atoms with van der Waals surface area (Å²) >= 11 is 5.94. The molecule has 3 aromatic rings. The van der Waals surface area contributed by atoms with Crippen molar-refractivity contribution in [1.82, 2.24) is 9.78 Å². The average molecular weight is 329 g/mol. The number of fused-ring (bicyclic) bond motifs is 1. The summed E-state index contributed by atoms with van der Waals surface area (Å²) in [4.78, 5) is 24.8. The number of carbonyl (C=O) groups is 2. The molecule has 0 atom stereocenters. The number of para-hydroxylation sites is 1. The molecule has 6 heteroatoms. The lowest BCUT2D eigenvalue weighted by Crippen LogP contribution is -2.15. The van der Waals surface area contributed by atoms with Gasteiger partial charge in [0, 0.05) is 16.0 Å². The summed E-state index contributed by atoms with van der Waals surface area (Å²) in [6.07, 6.45) is 0. The van der Waals surface area contributed by atoms with Gasteiger partial charge in [-0.2, -0.15) is 9.78 Å². The molecule has 0 aliphatic carbocycles. The van der Waals surface area contributed by atoms with E-state index >= 15 is 0 Å². The zero-order valence-electron chi connectivity index (χ0n) is 12.3. The van der Waals surface area contributed by atoms with E-state index in [0.717, 1.165) is 0 Å². The molecule has 5 nitrogen and oxygen atoms in total. The van der Waals surface area contributed by atoms with Gasteiger partial charge in [0.25, 0.3) is 5.91 Å². The summed E-state index contributed by atoms with van der Waals surface area (Å²) in [5.74, 6) is -0.916. The fourth-order valence-corrected chi connectivity index (χ4v) is 2.51. The second-order valence-electron chi connectivity index (χ2n) is 4.81. The van der Waals surface area contributed by atoms with E-state index in [1.807, 2.05) is 0 Å².